The highest BCUT2D eigenvalue weighted by Crippen LogP contribution is 2.28. The van der Waals surface area contributed by atoms with Gasteiger partial charge in [-0.05, 0) is 31.2 Å². The normalized spacial score (nSPS) is 14.1. The number of hydrogen-bond donors (Lipinski definition) is 3. The molecule has 2 heterocycles. The quantitative estimate of drug-likeness (QED) is 0.577. The van der Waals surface area contributed by atoms with Crippen LogP contribution in [0, 0.1) is 0 Å². The number of urea groups is 1. The number of barbiturate groups is 1. The molecule has 0 aliphatic carbocycles. The maximum atomic E-state index is 11.9. The van der Waals surface area contributed by atoms with Crippen LogP contribution in [0.4, 0.5) is 4.79 Å². The van der Waals surface area contributed by atoms with Crippen molar-refractivity contribution in [2.75, 3.05) is 0 Å². The number of amides is 4. The number of hydrogen-bond acceptors (Lipinski definition) is 5. The number of carbonyl (C=O) groups is 4. The minimum absolute atomic E-state index is 0.107. The molecule has 0 unspecified atom stereocenters. The van der Waals surface area contributed by atoms with Crippen LogP contribution in [0.5, 0.6) is 0 Å². The lowest BCUT2D eigenvalue weighted by Gasteiger charge is -2.15. The van der Waals surface area contributed by atoms with Gasteiger partial charge >= 0.3 is 12.0 Å². The standard InChI is InChI=1S/C17H12N2O6/c1-8(13-14(20)18-17(24)19-15(13)21)11-5-6-12(25-11)9-3-2-4-10(7-9)16(22)23/h2-7H,1H3,(H,22,23)(H2,18,19,20,21,24). The molecular weight excluding hydrogens is 328 g/mol. The fraction of sp³-hybridized carbons (Fsp3) is 0.0588. The number of allylic oxidation sites excluding steroid dienone is 1. The lowest BCUT2D eigenvalue weighted by atomic mass is 10.0. The van der Waals surface area contributed by atoms with Crippen molar-refractivity contribution < 1.29 is 28.7 Å². The zero-order chi connectivity index (χ0) is 18.1. The number of carboxylic acids is 1. The Labute approximate surface area is 141 Å². The molecule has 8 heteroatoms. The van der Waals surface area contributed by atoms with E-state index in [9.17, 15) is 19.2 Å². The minimum atomic E-state index is -1.06. The van der Waals surface area contributed by atoms with Gasteiger partial charge in [0.15, 0.2) is 0 Å². The third-order valence-electron chi connectivity index (χ3n) is 3.65. The molecule has 2 aromatic rings. The lowest BCUT2D eigenvalue weighted by molar-refractivity contribution is -0.123. The van der Waals surface area contributed by atoms with Gasteiger partial charge in [-0.3, -0.25) is 20.2 Å². The molecule has 3 rings (SSSR count). The first-order chi connectivity index (χ1) is 11.9. The van der Waals surface area contributed by atoms with Crippen LogP contribution in [-0.4, -0.2) is 28.9 Å². The summed E-state index contributed by atoms with van der Waals surface area (Å²) in [4.78, 5) is 45.9. The van der Waals surface area contributed by atoms with Crippen LogP contribution in [-0.2, 0) is 9.59 Å². The Morgan fingerprint density at radius 3 is 2.36 bits per heavy atom. The first kappa shape index (κ1) is 16.2. The average Bonchev–Trinajstić information content (AvgIpc) is 3.04. The second-order valence-electron chi connectivity index (χ2n) is 5.29. The Bertz CT molecular complexity index is 932. The molecular formula is C17H12N2O6. The molecule has 0 radical (unpaired) electrons. The Kier molecular flexibility index (Phi) is 3.94. The van der Waals surface area contributed by atoms with Crippen molar-refractivity contribution in [3.63, 3.8) is 0 Å². The number of carboxylic acid groups (broad SMARTS) is 1. The highest BCUT2D eigenvalue weighted by atomic mass is 16.4. The van der Waals surface area contributed by atoms with Crippen LogP contribution < -0.4 is 10.6 Å². The van der Waals surface area contributed by atoms with E-state index in [-0.39, 0.29) is 22.5 Å². The van der Waals surface area contributed by atoms with E-state index in [1.807, 2.05) is 10.6 Å². The van der Waals surface area contributed by atoms with Crippen molar-refractivity contribution >= 4 is 29.4 Å². The molecule has 0 spiro atoms. The molecule has 1 fully saturated rings. The first-order valence-corrected chi connectivity index (χ1v) is 7.18. The molecule has 1 aromatic heterocycles. The molecule has 25 heavy (non-hydrogen) atoms. The Morgan fingerprint density at radius 1 is 1.04 bits per heavy atom. The summed E-state index contributed by atoms with van der Waals surface area (Å²) < 4.78 is 5.65. The van der Waals surface area contributed by atoms with Gasteiger partial charge in [-0.2, -0.15) is 0 Å². The van der Waals surface area contributed by atoms with Crippen molar-refractivity contribution in [3.05, 3.63) is 53.3 Å². The van der Waals surface area contributed by atoms with Gasteiger partial charge in [0.2, 0.25) is 0 Å². The summed E-state index contributed by atoms with van der Waals surface area (Å²) in [5.41, 5.74) is 0.676. The smallest absolute Gasteiger partial charge is 0.335 e. The molecule has 0 saturated carbocycles. The van der Waals surface area contributed by atoms with Gasteiger partial charge < -0.3 is 9.52 Å². The highest BCUT2D eigenvalue weighted by molar-refractivity contribution is 6.32. The van der Waals surface area contributed by atoms with E-state index in [4.69, 9.17) is 9.52 Å². The van der Waals surface area contributed by atoms with Gasteiger partial charge in [0, 0.05) is 11.1 Å². The van der Waals surface area contributed by atoms with Crippen molar-refractivity contribution in [2.45, 2.75) is 6.92 Å². The third kappa shape index (κ3) is 3.05. The van der Waals surface area contributed by atoms with Crippen molar-refractivity contribution in [3.8, 4) is 11.3 Å². The Balaban J connectivity index is 1.99. The number of furan rings is 1. The molecule has 4 amide bonds. The molecule has 1 aliphatic heterocycles. The molecule has 1 aliphatic rings. The van der Waals surface area contributed by atoms with E-state index in [0.717, 1.165) is 0 Å². The molecule has 3 N–H and O–H groups in total. The number of nitrogens with one attached hydrogen (secondary N) is 2. The largest absolute Gasteiger partial charge is 0.478 e. The van der Waals surface area contributed by atoms with E-state index >= 15 is 0 Å². The molecule has 1 aromatic carbocycles. The van der Waals surface area contributed by atoms with Crippen LogP contribution in [0.25, 0.3) is 16.9 Å². The Hall–Kier alpha value is -3.68. The maximum absolute atomic E-state index is 11.9. The van der Waals surface area contributed by atoms with Gasteiger partial charge in [-0.1, -0.05) is 12.1 Å². The lowest BCUT2D eigenvalue weighted by Crippen LogP contribution is -2.51. The Morgan fingerprint density at radius 2 is 1.72 bits per heavy atom. The predicted molar refractivity (Wildman–Crippen MR) is 85.4 cm³/mol. The van der Waals surface area contributed by atoms with Crippen LogP contribution in [0.3, 0.4) is 0 Å². The monoisotopic (exact) mass is 340 g/mol. The van der Waals surface area contributed by atoms with Crippen LogP contribution in [0.2, 0.25) is 0 Å². The number of rotatable bonds is 3. The molecule has 8 nitrogen and oxygen atoms in total. The van der Waals surface area contributed by atoms with Crippen LogP contribution in [0.1, 0.15) is 23.0 Å². The van der Waals surface area contributed by atoms with E-state index in [1.54, 1.807) is 24.3 Å². The summed E-state index contributed by atoms with van der Waals surface area (Å²) in [5, 5.41) is 13.0. The zero-order valence-corrected chi connectivity index (χ0v) is 13.0. The number of aromatic carboxylic acids is 1. The van der Waals surface area contributed by atoms with Gasteiger partial charge in [0.05, 0.1) is 5.56 Å². The van der Waals surface area contributed by atoms with Crippen LogP contribution in [0.15, 0.2) is 46.4 Å². The predicted octanol–water partition coefficient (Wildman–Crippen LogP) is 1.78. The van der Waals surface area contributed by atoms with E-state index in [1.165, 1.54) is 19.1 Å². The molecule has 0 bridgehead atoms. The van der Waals surface area contributed by atoms with Gasteiger partial charge in [0.25, 0.3) is 11.8 Å². The summed E-state index contributed by atoms with van der Waals surface area (Å²) in [7, 11) is 0. The third-order valence-corrected chi connectivity index (χ3v) is 3.65. The number of imide groups is 2. The summed E-state index contributed by atoms with van der Waals surface area (Å²) in [6.45, 7) is 1.51. The summed E-state index contributed by atoms with van der Waals surface area (Å²) in [5.74, 6) is -2.04. The SMILES string of the molecule is CC(=C1C(=O)NC(=O)NC1=O)c1ccc(-c2cccc(C(=O)O)c2)o1. The van der Waals surface area contributed by atoms with Gasteiger partial charge in [-0.25, -0.2) is 9.59 Å². The number of carbonyl (C=O) groups excluding carboxylic acids is 3. The maximum Gasteiger partial charge on any atom is 0.335 e. The molecule has 0 atom stereocenters. The topological polar surface area (TPSA) is 126 Å². The van der Waals surface area contributed by atoms with E-state index in [0.29, 0.717) is 11.3 Å². The second kappa shape index (κ2) is 6.08. The molecule has 1 saturated heterocycles. The van der Waals surface area contributed by atoms with Crippen LogP contribution >= 0.6 is 0 Å². The summed E-state index contributed by atoms with van der Waals surface area (Å²) in [6.07, 6.45) is 0. The second-order valence-corrected chi connectivity index (χ2v) is 5.29. The first-order valence-electron chi connectivity index (χ1n) is 7.18. The van der Waals surface area contributed by atoms with Crippen molar-refractivity contribution in [1.29, 1.82) is 0 Å². The summed E-state index contributed by atoms with van der Waals surface area (Å²) >= 11 is 0. The summed E-state index contributed by atoms with van der Waals surface area (Å²) in [6, 6.07) is 8.45. The highest BCUT2D eigenvalue weighted by Gasteiger charge is 2.30. The fourth-order valence-electron chi connectivity index (χ4n) is 2.43. The van der Waals surface area contributed by atoms with Gasteiger partial charge in [-0.15, -0.1) is 0 Å². The molecule has 126 valence electrons. The average molecular weight is 340 g/mol. The number of benzene rings is 1. The fourth-order valence-corrected chi connectivity index (χ4v) is 2.43. The zero-order valence-electron chi connectivity index (χ0n) is 13.0. The van der Waals surface area contributed by atoms with E-state index < -0.39 is 23.8 Å². The minimum Gasteiger partial charge on any atom is -0.478 e. The van der Waals surface area contributed by atoms with Crippen molar-refractivity contribution in [1.82, 2.24) is 10.6 Å². The van der Waals surface area contributed by atoms with Gasteiger partial charge in [0.1, 0.15) is 17.1 Å². The van der Waals surface area contributed by atoms with E-state index in [2.05, 4.69) is 0 Å². The van der Waals surface area contributed by atoms with Crippen molar-refractivity contribution in [2.24, 2.45) is 0 Å².